The number of halogens is 1. The third-order valence-corrected chi connectivity index (χ3v) is 5.10. The van der Waals surface area contributed by atoms with E-state index in [0.717, 1.165) is 4.47 Å². The zero-order chi connectivity index (χ0) is 16.8. The van der Waals surface area contributed by atoms with Crippen LogP contribution in [0.2, 0.25) is 0 Å². The summed E-state index contributed by atoms with van der Waals surface area (Å²) >= 11 is 5.78. The summed E-state index contributed by atoms with van der Waals surface area (Å²) in [5.41, 5.74) is 0.517. The molecule has 0 fully saturated rings. The number of esters is 1. The van der Waals surface area contributed by atoms with Crippen LogP contribution in [0.5, 0.6) is 0 Å². The molecule has 0 aliphatic carbocycles. The molecule has 0 spiro atoms. The van der Waals surface area contributed by atoms with Gasteiger partial charge < -0.3 is 4.74 Å². The highest BCUT2D eigenvalue weighted by molar-refractivity contribution is 9.10. The summed E-state index contributed by atoms with van der Waals surface area (Å²) < 4.78 is 6.35. The number of hydrogen-bond acceptors (Lipinski definition) is 7. The number of thioether (sulfide) groups is 1. The molecule has 1 aromatic carbocycles. The summed E-state index contributed by atoms with van der Waals surface area (Å²) in [6.45, 7) is 3.84. The third kappa shape index (κ3) is 5.29. The summed E-state index contributed by atoms with van der Waals surface area (Å²) in [6.07, 6.45) is 0. The van der Waals surface area contributed by atoms with E-state index in [4.69, 9.17) is 4.74 Å². The fourth-order valence-electron chi connectivity index (χ4n) is 1.57. The highest BCUT2D eigenvalue weighted by Gasteiger charge is 2.18. The molecule has 0 saturated heterocycles. The molecule has 0 saturated carbocycles. The predicted molar refractivity (Wildman–Crippen MR) is 94.0 cm³/mol. The molecule has 122 valence electrons. The van der Waals surface area contributed by atoms with E-state index >= 15 is 0 Å². The number of aromatic nitrogens is 2. The zero-order valence-electron chi connectivity index (χ0n) is 12.4. The van der Waals surface area contributed by atoms with Crippen LogP contribution in [0.4, 0.5) is 5.13 Å². The lowest BCUT2D eigenvalue weighted by Crippen LogP contribution is -2.16. The van der Waals surface area contributed by atoms with Gasteiger partial charge in [-0.25, -0.2) is 0 Å². The monoisotopic (exact) mass is 415 g/mol. The maximum atomic E-state index is 12.1. The van der Waals surface area contributed by atoms with Crippen LogP contribution >= 0.6 is 39.0 Å². The van der Waals surface area contributed by atoms with Crippen LogP contribution < -0.4 is 5.32 Å². The first kappa shape index (κ1) is 17.9. The Bertz CT molecular complexity index is 708. The average molecular weight is 416 g/mol. The van der Waals surface area contributed by atoms with E-state index in [9.17, 15) is 9.59 Å². The van der Waals surface area contributed by atoms with E-state index in [1.165, 1.54) is 23.1 Å². The van der Waals surface area contributed by atoms with Crippen molar-refractivity contribution in [2.45, 2.75) is 23.4 Å². The van der Waals surface area contributed by atoms with Crippen LogP contribution in [0.1, 0.15) is 24.2 Å². The van der Waals surface area contributed by atoms with Crippen LogP contribution in [0.3, 0.4) is 0 Å². The number of nitrogens with zero attached hydrogens (tertiary/aromatic N) is 2. The van der Waals surface area contributed by atoms with Gasteiger partial charge in [0.1, 0.15) is 5.25 Å². The molecular weight excluding hydrogens is 402 g/mol. The Kier molecular flexibility index (Phi) is 6.55. The fraction of sp³-hybridized carbons (Fsp3) is 0.286. The number of anilines is 1. The Morgan fingerprint density at radius 2 is 2.22 bits per heavy atom. The summed E-state index contributed by atoms with van der Waals surface area (Å²) in [5.74, 6) is -0.565. The molecule has 1 N–H and O–H groups in total. The molecule has 0 unspecified atom stereocenters. The maximum absolute atomic E-state index is 12.1. The Balaban J connectivity index is 1.97. The van der Waals surface area contributed by atoms with Gasteiger partial charge >= 0.3 is 5.97 Å². The van der Waals surface area contributed by atoms with Crippen molar-refractivity contribution in [3.05, 3.63) is 34.3 Å². The van der Waals surface area contributed by atoms with Gasteiger partial charge in [0.15, 0.2) is 4.34 Å². The topological polar surface area (TPSA) is 81.2 Å². The van der Waals surface area contributed by atoms with Crippen LogP contribution in [0.25, 0.3) is 0 Å². The van der Waals surface area contributed by atoms with Crippen LogP contribution in [0, 0.1) is 0 Å². The lowest BCUT2D eigenvalue weighted by atomic mass is 10.2. The van der Waals surface area contributed by atoms with Gasteiger partial charge in [-0.15, -0.1) is 10.2 Å². The highest BCUT2D eigenvalue weighted by atomic mass is 79.9. The van der Waals surface area contributed by atoms with E-state index in [0.29, 0.717) is 21.6 Å². The normalized spacial score (nSPS) is 11.8. The lowest BCUT2D eigenvalue weighted by Gasteiger charge is -2.06. The molecule has 6 nitrogen and oxygen atoms in total. The van der Waals surface area contributed by atoms with Gasteiger partial charge in [0.05, 0.1) is 6.61 Å². The number of amides is 1. The van der Waals surface area contributed by atoms with Crippen molar-refractivity contribution in [3.63, 3.8) is 0 Å². The standard InChI is InChI=1S/C14H14BrN3O3S2/c1-3-21-12(20)8(2)22-14-18-17-13(23-14)16-11(19)9-5-4-6-10(15)7-9/h4-8H,3H2,1-2H3,(H,16,17,19)/t8-/m1/s1. The summed E-state index contributed by atoms with van der Waals surface area (Å²) in [5, 5.41) is 10.6. The summed E-state index contributed by atoms with van der Waals surface area (Å²) in [4.78, 5) is 23.7. The number of hydrogen-bond donors (Lipinski definition) is 1. The molecule has 1 amide bonds. The van der Waals surface area contributed by atoms with E-state index in [2.05, 4.69) is 31.4 Å². The van der Waals surface area contributed by atoms with Crippen LogP contribution in [0.15, 0.2) is 33.1 Å². The minimum absolute atomic E-state index is 0.266. The molecule has 23 heavy (non-hydrogen) atoms. The van der Waals surface area contributed by atoms with Gasteiger partial charge in [-0.05, 0) is 32.0 Å². The average Bonchev–Trinajstić information content (AvgIpc) is 2.94. The van der Waals surface area contributed by atoms with Crippen molar-refractivity contribution in [3.8, 4) is 0 Å². The van der Waals surface area contributed by atoms with Gasteiger partial charge in [0.2, 0.25) is 5.13 Å². The molecule has 2 rings (SSSR count). The Hall–Kier alpha value is -1.45. The number of nitrogens with one attached hydrogen (secondary N) is 1. The van der Waals surface area contributed by atoms with Crippen LogP contribution in [-0.4, -0.2) is 33.9 Å². The van der Waals surface area contributed by atoms with Gasteiger partial charge in [-0.2, -0.15) is 0 Å². The van der Waals surface area contributed by atoms with Gasteiger partial charge in [0.25, 0.3) is 5.91 Å². The van der Waals surface area contributed by atoms with E-state index < -0.39 is 0 Å². The molecule has 1 aromatic heterocycles. The predicted octanol–water partition coefficient (Wildman–Crippen LogP) is 3.60. The summed E-state index contributed by atoms with van der Waals surface area (Å²) in [6, 6.07) is 7.04. The molecular formula is C14H14BrN3O3S2. The zero-order valence-corrected chi connectivity index (χ0v) is 15.6. The van der Waals surface area contributed by atoms with Gasteiger partial charge in [0, 0.05) is 10.0 Å². The summed E-state index contributed by atoms with van der Waals surface area (Å²) in [7, 11) is 0. The van der Waals surface area contributed by atoms with E-state index in [1.807, 2.05) is 6.07 Å². The smallest absolute Gasteiger partial charge is 0.319 e. The second-order valence-electron chi connectivity index (χ2n) is 4.35. The SMILES string of the molecule is CCOC(=O)[C@@H](C)Sc1nnc(NC(=O)c2cccc(Br)c2)s1. The second-order valence-corrected chi connectivity index (χ2v) is 7.83. The molecule has 1 heterocycles. The maximum Gasteiger partial charge on any atom is 0.319 e. The minimum Gasteiger partial charge on any atom is -0.465 e. The van der Waals surface area contributed by atoms with Gasteiger partial charge in [-0.3, -0.25) is 14.9 Å². The first-order valence-corrected chi connectivity index (χ1v) is 9.22. The largest absolute Gasteiger partial charge is 0.465 e. The fourth-order valence-corrected chi connectivity index (χ4v) is 3.85. The third-order valence-electron chi connectivity index (χ3n) is 2.61. The first-order chi connectivity index (χ1) is 11.0. The minimum atomic E-state index is -0.378. The molecule has 0 radical (unpaired) electrons. The first-order valence-electron chi connectivity index (χ1n) is 6.73. The molecule has 9 heteroatoms. The molecule has 0 aliphatic rings. The van der Waals surface area contributed by atoms with E-state index in [1.54, 1.807) is 32.0 Å². The molecule has 0 aliphatic heterocycles. The highest BCUT2D eigenvalue weighted by Crippen LogP contribution is 2.29. The van der Waals surface area contributed by atoms with E-state index in [-0.39, 0.29) is 17.1 Å². The van der Waals surface area contributed by atoms with Crippen molar-refractivity contribution >= 4 is 56.0 Å². The van der Waals surface area contributed by atoms with Gasteiger partial charge in [-0.1, -0.05) is 45.1 Å². The number of carbonyl (C=O) groups is 2. The number of ether oxygens (including phenoxy) is 1. The Labute approximate surface area is 150 Å². The lowest BCUT2D eigenvalue weighted by molar-refractivity contribution is -0.142. The van der Waals surface area contributed by atoms with Crippen molar-refractivity contribution in [2.75, 3.05) is 11.9 Å². The number of rotatable bonds is 6. The van der Waals surface area contributed by atoms with Crippen molar-refractivity contribution < 1.29 is 14.3 Å². The Morgan fingerprint density at radius 1 is 1.43 bits per heavy atom. The molecule has 2 aromatic rings. The van der Waals surface area contributed by atoms with Crippen LogP contribution in [-0.2, 0) is 9.53 Å². The Morgan fingerprint density at radius 3 is 2.91 bits per heavy atom. The van der Waals surface area contributed by atoms with Crippen molar-refractivity contribution in [1.29, 1.82) is 0 Å². The number of benzene rings is 1. The molecule has 1 atom stereocenters. The quantitative estimate of drug-likeness (QED) is 0.440. The van der Waals surface area contributed by atoms with Crippen molar-refractivity contribution in [2.24, 2.45) is 0 Å². The van der Waals surface area contributed by atoms with Crippen molar-refractivity contribution in [1.82, 2.24) is 10.2 Å². The number of carbonyl (C=O) groups excluding carboxylic acids is 2. The second kappa shape index (κ2) is 8.42. The molecule has 0 bridgehead atoms.